The molecule has 30 nitrogen and oxygen atoms in total. The predicted octanol–water partition coefficient (Wildman–Crippen LogP) is -1.79. The van der Waals surface area contributed by atoms with Crippen molar-refractivity contribution in [3.63, 3.8) is 0 Å². The number of rotatable bonds is 45. The SMILES string of the molecule is CC[C@H](C)[C@H](NC(=O)[C@@H](N)CCSC)C(=O)N[C@@H](CC(C)C)C(=O)N[C@H](C(=O)N[C@@H](Cc1ccccc1)C(=O)N[C@H](C(=O)N[C@H](C(=O)N[C@@H](CCCCN)C(=O)N[C@@H](CC(C)C)C(=O)N[C@@H](CO)C(=O)N[C@@H](CC(N)=O)C(=O)N[C@H](C(=O)O)C(C)C)C(C)C)[C@@H](C)O)C(C)C. The van der Waals surface area contributed by atoms with E-state index >= 15 is 0 Å². The van der Waals surface area contributed by atoms with E-state index in [4.69, 9.17) is 17.2 Å². The van der Waals surface area contributed by atoms with Gasteiger partial charge in [-0.25, -0.2) is 4.79 Å². The zero-order valence-electron chi connectivity index (χ0n) is 57.6. The fraction of sp³-hybridized carbons (Fsp3) is 0.703. The molecule has 0 fully saturated rings. The molecule has 0 heterocycles. The first-order chi connectivity index (χ1) is 44.4. The number of primary amides is 1. The summed E-state index contributed by atoms with van der Waals surface area (Å²) in [7, 11) is 0. The summed E-state index contributed by atoms with van der Waals surface area (Å²) in [6.07, 6.45) is 0.893. The Kier molecular flexibility index (Phi) is 39.2. The van der Waals surface area contributed by atoms with E-state index in [9.17, 15) is 77.6 Å². The second-order valence-corrected chi connectivity index (χ2v) is 27.0. The molecule has 0 spiro atoms. The fourth-order valence-electron chi connectivity index (χ4n) is 9.76. The number of hydrogen-bond acceptors (Lipinski definition) is 18. The second-order valence-electron chi connectivity index (χ2n) is 26.0. The van der Waals surface area contributed by atoms with Crippen molar-refractivity contribution in [1.82, 2.24) is 58.5 Å². The maximum absolute atomic E-state index is 14.5. The van der Waals surface area contributed by atoms with Crippen molar-refractivity contribution in [2.45, 2.75) is 226 Å². The smallest absolute Gasteiger partial charge is 0.326 e. The van der Waals surface area contributed by atoms with Crippen molar-refractivity contribution < 1.29 is 77.6 Å². The number of unbranched alkanes of at least 4 members (excludes halogenated alkanes) is 1. The van der Waals surface area contributed by atoms with E-state index in [2.05, 4.69) is 58.5 Å². The summed E-state index contributed by atoms with van der Waals surface area (Å²) >= 11 is 1.52. The standard InChI is InChI=1S/C64H110N14O16S/c1-15-37(12)51(77-53(82)40(66)24-26-95-14)62(91)71-43(28-33(4)5)56(85)74-48(34(6)7)61(90)72-44(29-39-21-17-16-18-22-39)57(86)78-52(38(13)80)63(92)75-49(35(8)9)60(89)68-41(23-19-20-25-65)54(83)69-42(27-32(2)3)55(84)73-46(31-79)59(88)70-45(30-47(67)81)58(87)76-50(36(10)11)64(93)94/h16-18,21-22,32-38,40-46,48-52,79-80H,15,19-20,23-31,65-66H2,1-14H3,(H2,67,81)(H,68,89)(H,69,83)(H,70,88)(H,71,91)(H,72,90)(H,73,84)(H,74,85)(H,75,92)(H,76,87)(H,77,82)(H,78,86)(H,93,94)/t37-,38+,40-,41-,42-,43-,44-,45-,46-,48-,49-,50-,51-,52-/m0/s1. The number of carboxylic acids is 1. The molecular formula is C64H110N14O16S. The van der Waals surface area contributed by atoms with Gasteiger partial charge in [0, 0.05) is 6.42 Å². The molecule has 31 heteroatoms. The Bertz CT molecular complexity index is 2690. The monoisotopic (exact) mass is 1360 g/mol. The first-order valence-electron chi connectivity index (χ1n) is 32.6. The van der Waals surface area contributed by atoms with Gasteiger partial charge in [-0.05, 0) is 105 Å². The number of benzene rings is 1. The van der Waals surface area contributed by atoms with Crippen LogP contribution in [0.15, 0.2) is 30.3 Å². The van der Waals surface area contributed by atoms with E-state index in [-0.39, 0.29) is 56.4 Å². The van der Waals surface area contributed by atoms with Gasteiger partial charge in [0.1, 0.15) is 66.5 Å². The van der Waals surface area contributed by atoms with Crippen LogP contribution in [0.25, 0.3) is 0 Å². The van der Waals surface area contributed by atoms with Crippen LogP contribution in [0.1, 0.15) is 147 Å². The average Bonchev–Trinajstić information content (AvgIpc) is 0.945. The number of hydrogen-bond donors (Lipinski definition) is 17. The Balaban J connectivity index is 3.57. The van der Waals surface area contributed by atoms with Gasteiger partial charge in [0.15, 0.2) is 0 Å². The third-order valence-corrected chi connectivity index (χ3v) is 16.2. The number of aliphatic carboxylic acids is 1. The largest absolute Gasteiger partial charge is 0.480 e. The highest BCUT2D eigenvalue weighted by Gasteiger charge is 2.39. The van der Waals surface area contributed by atoms with Gasteiger partial charge >= 0.3 is 5.97 Å². The number of nitrogens with two attached hydrogens (primary N) is 3. The fourth-order valence-corrected chi connectivity index (χ4v) is 10.3. The Morgan fingerprint density at radius 2 is 0.863 bits per heavy atom. The van der Waals surface area contributed by atoms with E-state index in [0.29, 0.717) is 30.6 Å². The van der Waals surface area contributed by atoms with E-state index in [1.54, 1.807) is 78.8 Å². The molecule has 95 heavy (non-hydrogen) atoms. The normalized spacial score (nSPS) is 15.9. The number of thioether (sulfide) groups is 1. The lowest BCUT2D eigenvalue weighted by Gasteiger charge is -2.31. The zero-order valence-corrected chi connectivity index (χ0v) is 58.4. The molecule has 14 atom stereocenters. The van der Waals surface area contributed by atoms with Crippen molar-refractivity contribution in [2.75, 3.05) is 25.2 Å². The highest BCUT2D eigenvalue weighted by atomic mass is 32.2. The van der Waals surface area contributed by atoms with Crippen LogP contribution in [0.5, 0.6) is 0 Å². The summed E-state index contributed by atoms with van der Waals surface area (Å²) in [5, 5.41) is 59.1. The lowest BCUT2D eigenvalue weighted by atomic mass is 9.95. The summed E-state index contributed by atoms with van der Waals surface area (Å²) in [5.41, 5.74) is 17.8. The number of aliphatic hydroxyl groups is 2. The molecule has 0 aliphatic heterocycles. The van der Waals surface area contributed by atoms with Gasteiger partial charge < -0.3 is 91.0 Å². The first-order valence-corrected chi connectivity index (χ1v) is 34.0. The molecule has 0 unspecified atom stereocenters. The molecule has 1 rings (SSSR count). The number of carbonyl (C=O) groups excluding carboxylic acids is 12. The highest BCUT2D eigenvalue weighted by molar-refractivity contribution is 7.98. The molecule has 1 aromatic carbocycles. The molecule has 0 aromatic heterocycles. The maximum Gasteiger partial charge on any atom is 0.326 e. The van der Waals surface area contributed by atoms with Crippen LogP contribution in [-0.4, -0.2) is 196 Å². The van der Waals surface area contributed by atoms with Gasteiger partial charge in [0.25, 0.3) is 0 Å². The van der Waals surface area contributed by atoms with Crippen molar-refractivity contribution >= 4 is 88.6 Å². The third-order valence-electron chi connectivity index (χ3n) is 15.6. The van der Waals surface area contributed by atoms with E-state index < -0.39 is 186 Å². The molecular weight excluding hydrogens is 1250 g/mol. The average molecular weight is 1360 g/mol. The summed E-state index contributed by atoms with van der Waals surface area (Å²) < 4.78 is 0. The van der Waals surface area contributed by atoms with Crippen molar-refractivity contribution in [3.05, 3.63) is 35.9 Å². The number of carboxylic acid groups (broad SMARTS) is 1. The lowest BCUT2D eigenvalue weighted by molar-refractivity contribution is -0.143. The Hall–Kier alpha value is -7.48. The van der Waals surface area contributed by atoms with Crippen LogP contribution < -0.4 is 75.7 Å². The van der Waals surface area contributed by atoms with E-state index in [1.807, 2.05) is 27.0 Å². The molecule has 0 radical (unpaired) electrons. The molecule has 538 valence electrons. The molecule has 0 aliphatic carbocycles. The van der Waals surface area contributed by atoms with Crippen molar-refractivity contribution in [3.8, 4) is 0 Å². The van der Waals surface area contributed by atoms with E-state index in [1.165, 1.54) is 32.5 Å². The zero-order chi connectivity index (χ0) is 72.6. The minimum absolute atomic E-state index is 0.0418. The number of amides is 12. The van der Waals surface area contributed by atoms with Gasteiger partial charge in [-0.3, -0.25) is 57.5 Å². The van der Waals surface area contributed by atoms with Crippen LogP contribution in [0, 0.1) is 35.5 Å². The Morgan fingerprint density at radius 3 is 1.33 bits per heavy atom. The predicted molar refractivity (Wildman–Crippen MR) is 358 cm³/mol. The quantitative estimate of drug-likeness (QED) is 0.0321. The van der Waals surface area contributed by atoms with Gasteiger partial charge in [0.05, 0.1) is 25.2 Å². The molecule has 20 N–H and O–H groups in total. The number of aliphatic hydroxyl groups excluding tert-OH is 2. The van der Waals surface area contributed by atoms with Gasteiger partial charge in [-0.15, -0.1) is 0 Å². The second kappa shape index (κ2) is 43.6. The molecule has 12 amide bonds. The highest BCUT2D eigenvalue weighted by Crippen LogP contribution is 2.16. The minimum atomic E-state index is -1.79. The summed E-state index contributed by atoms with van der Waals surface area (Å²) in [6.45, 7) is 20.6. The van der Waals surface area contributed by atoms with Crippen LogP contribution >= 0.6 is 11.8 Å². The van der Waals surface area contributed by atoms with E-state index in [0.717, 1.165) is 0 Å². The number of carbonyl (C=O) groups is 13. The lowest BCUT2D eigenvalue weighted by Crippen LogP contribution is -2.63. The number of nitrogens with one attached hydrogen (secondary N) is 11. The Labute approximate surface area is 562 Å². The summed E-state index contributed by atoms with van der Waals surface area (Å²) in [5.74, 6) is -14.3. The topological polar surface area (TPSA) is 493 Å². The van der Waals surface area contributed by atoms with Gasteiger partial charge in [-0.2, -0.15) is 11.8 Å². The van der Waals surface area contributed by atoms with Crippen LogP contribution in [0.4, 0.5) is 0 Å². The molecule has 0 aliphatic rings. The van der Waals surface area contributed by atoms with Crippen LogP contribution in [-0.2, 0) is 68.7 Å². The Morgan fingerprint density at radius 1 is 0.474 bits per heavy atom. The molecule has 0 bridgehead atoms. The van der Waals surface area contributed by atoms with Crippen molar-refractivity contribution in [1.29, 1.82) is 0 Å². The maximum atomic E-state index is 14.5. The van der Waals surface area contributed by atoms with Crippen molar-refractivity contribution in [2.24, 2.45) is 52.7 Å². The molecule has 0 saturated heterocycles. The molecule has 0 saturated carbocycles. The summed E-state index contributed by atoms with van der Waals surface area (Å²) in [4.78, 5) is 178. The van der Waals surface area contributed by atoms with Gasteiger partial charge in [-0.1, -0.05) is 120 Å². The summed E-state index contributed by atoms with van der Waals surface area (Å²) in [6, 6.07) is -8.32. The van der Waals surface area contributed by atoms with Crippen LogP contribution in [0.3, 0.4) is 0 Å². The first kappa shape index (κ1) is 85.5. The van der Waals surface area contributed by atoms with Gasteiger partial charge in [0.2, 0.25) is 70.9 Å². The third kappa shape index (κ3) is 30.9. The van der Waals surface area contributed by atoms with Crippen LogP contribution in [0.2, 0.25) is 0 Å². The minimum Gasteiger partial charge on any atom is -0.480 e. The molecule has 1 aromatic rings.